The summed E-state index contributed by atoms with van der Waals surface area (Å²) in [7, 11) is 0. The molecule has 116 valence electrons. The van der Waals surface area contributed by atoms with Gasteiger partial charge < -0.3 is 15.8 Å². The van der Waals surface area contributed by atoms with Crippen LogP contribution in [0, 0.1) is 0 Å². The summed E-state index contributed by atoms with van der Waals surface area (Å²) in [6.07, 6.45) is 6.79. The van der Waals surface area contributed by atoms with Crippen LogP contribution in [0.5, 0.6) is 0 Å². The SMILES string of the molecule is NC1(COCC(=O)Nc2cccc(Br)c2)CCCCCC1. The van der Waals surface area contributed by atoms with Crippen LogP contribution in [0.15, 0.2) is 28.7 Å². The predicted octanol–water partition coefficient (Wildman–Crippen LogP) is 3.46. The number of nitrogens with one attached hydrogen (secondary N) is 1. The maximum absolute atomic E-state index is 11.8. The van der Waals surface area contributed by atoms with Crippen LogP contribution in [0.3, 0.4) is 0 Å². The fourth-order valence-corrected chi connectivity index (χ4v) is 3.09. The highest BCUT2D eigenvalue weighted by Gasteiger charge is 2.26. The summed E-state index contributed by atoms with van der Waals surface area (Å²) >= 11 is 3.37. The Bertz CT molecular complexity index is 471. The summed E-state index contributed by atoms with van der Waals surface area (Å²) in [4.78, 5) is 11.8. The number of halogens is 1. The van der Waals surface area contributed by atoms with E-state index in [1.165, 1.54) is 12.8 Å². The van der Waals surface area contributed by atoms with E-state index in [0.717, 1.165) is 35.8 Å². The summed E-state index contributed by atoms with van der Waals surface area (Å²) < 4.78 is 6.48. The van der Waals surface area contributed by atoms with Gasteiger partial charge in [-0.15, -0.1) is 0 Å². The first-order chi connectivity index (χ1) is 10.1. The lowest BCUT2D eigenvalue weighted by atomic mass is 9.93. The molecule has 1 fully saturated rings. The first-order valence-electron chi connectivity index (χ1n) is 7.49. The molecule has 0 spiro atoms. The molecule has 0 aromatic heterocycles. The van der Waals surface area contributed by atoms with Crippen LogP contribution in [-0.4, -0.2) is 24.7 Å². The Morgan fingerprint density at radius 2 is 2.00 bits per heavy atom. The van der Waals surface area contributed by atoms with E-state index in [1.807, 2.05) is 24.3 Å². The maximum atomic E-state index is 11.8. The van der Waals surface area contributed by atoms with Gasteiger partial charge in [-0.3, -0.25) is 4.79 Å². The van der Waals surface area contributed by atoms with Crippen molar-refractivity contribution in [2.45, 2.75) is 44.1 Å². The third kappa shape index (κ3) is 5.77. The minimum atomic E-state index is -0.257. The number of hydrogen-bond acceptors (Lipinski definition) is 3. The van der Waals surface area contributed by atoms with E-state index >= 15 is 0 Å². The number of benzene rings is 1. The summed E-state index contributed by atoms with van der Waals surface area (Å²) in [6.45, 7) is 0.504. The Kier molecular flexibility index (Phi) is 6.21. The molecule has 1 aromatic rings. The van der Waals surface area contributed by atoms with Crippen molar-refractivity contribution in [1.29, 1.82) is 0 Å². The van der Waals surface area contributed by atoms with Crippen molar-refractivity contribution in [1.82, 2.24) is 0 Å². The van der Waals surface area contributed by atoms with Crippen molar-refractivity contribution in [3.8, 4) is 0 Å². The van der Waals surface area contributed by atoms with Crippen molar-refractivity contribution in [2.75, 3.05) is 18.5 Å². The lowest BCUT2D eigenvalue weighted by Gasteiger charge is -2.27. The molecule has 5 heteroatoms. The Labute approximate surface area is 134 Å². The van der Waals surface area contributed by atoms with Gasteiger partial charge in [0, 0.05) is 15.7 Å². The number of ether oxygens (including phenoxy) is 1. The fourth-order valence-electron chi connectivity index (χ4n) is 2.69. The van der Waals surface area contributed by atoms with Gasteiger partial charge in [0.25, 0.3) is 0 Å². The molecule has 0 saturated heterocycles. The minimum absolute atomic E-state index is 0.0471. The average molecular weight is 355 g/mol. The second kappa shape index (κ2) is 7.92. The van der Waals surface area contributed by atoms with E-state index in [4.69, 9.17) is 10.5 Å². The molecule has 0 aliphatic heterocycles. The topological polar surface area (TPSA) is 64.3 Å². The van der Waals surface area contributed by atoms with Gasteiger partial charge in [-0.1, -0.05) is 47.7 Å². The van der Waals surface area contributed by atoms with E-state index in [1.54, 1.807) is 0 Å². The molecule has 2 rings (SSSR count). The van der Waals surface area contributed by atoms with Crippen molar-refractivity contribution in [3.63, 3.8) is 0 Å². The highest BCUT2D eigenvalue weighted by atomic mass is 79.9. The molecule has 0 bridgehead atoms. The van der Waals surface area contributed by atoms with Crippen molar-refractivity contribution in [2.24, 2.45) is 5.73 Å². The third-order valence-corrected chi connectivity index (χ3v) is 4.32. The largest absolute Gasteiger partial charge is 0.370 e. The number of rotatable bonds is 5. The van der Waals surface area contributed by atoms with Gasteiger partial charge in [0.2, 0.25) is 5.91 Å². The van der Waals surface area contributed by atoms with E-state index in [0.29, 0.717) is 6.61 Å². The summed E-state index contributed by atoms with van der Waals surface area (Å²) in [5.74, 6) is -0.148. The lowest BCUT2D eigenvalue weighted by Crippen LogP contribution is -2.44. The van der Waals surface area contributed by atoms with Crippen LogP contribution in [-0.2, 0) is 9.53 Å². The van der Waals surface area contributed by atoms with Crippen molar-refractivity contribution >= 4 is 27.5 Å². The minimum Gasteiger partial charge on any atom is -0.370 e. The third-order valence-electron chi connectivity index (χ3n) is 3.83. The molecule has 1 saturated carbocycles. The van der Waals surface area contributed by atoms with E-state index in [-0.39, 0.29) is 18.1 Å². The van der Waals surface area contributed by atoms with E-state index < -0.39 is 0 Å². The van der Waals surface area contributed by atoms with Crippen LogP contribution < -0.4 is 11.1 Å². The van der Waals surface area contributed by atoms with Crippen molar-refractivity contribution in [3.05, 3.63) is 28.7 Å². The predicted molar refractivity (Wildman–Crippen MR) is 88.2 cm³/mol. The highest BCUT2D eigenvalue weighted by Crippen LogP contribution is 2.25. The van der Waals surface area contributed by atoms with Crippen LogP contribution in [0.1, 0.15) is 38.5 Å². The van der Waals surface area contributed by atoms with Gasteiger partial charge in [0.15, 0.2) is 0 Å². The summed E-state index contributed by atoms with van der Waals surface area (Å²) in [5.41, 5.74) is 6.86. The molecule has 0 unspecified atom stereocenters. The molecule has 1 aliphatic carbocycles. The second-order valence-corrected chi connectivity index (χ2v) is 6.74. The van der Waals surface area contributed by atoms with Gasteiger partial charge in [0.1, 0.15) is 6.61 Å². The van der Waals surface area contributed by atoms with Gasteiger partial charge in [-0.05, 0) is 31.0 Å². The standard InChI is InChI=1S/C16H23BrN2O2/c17-13-6-5-7-14(10-13)19-15(20)11-21-12-16(18)8-3-1-2-4-9-16/h5-7,10H,1-4,8-9,11-12,18H2,(H,19,20). The number of carbonyl (C=O) groups is 1. The highest BCUT2D eigenvalue weighted by molar-refractivity contribution is 9.10. The van der Waals surface area contributed by atoms with Gasteiger partial charge >= 0.3 is 0 Å². The molecule has 0 radical (unpaired) electrons. The molecule has 4 nitrogen and oxygen atoms in total. The number of amides is 1. The van der Waals surface area contributed by atoms with Crippen molar-refractivity contribution < 1.29 is 9.53 Å². The van der Waals surface area contributed by atoms with E-state index in [2.05, 4.69) is 21.2 Å². The molecule has 1 aliphatic rings. The van der Waals surface area contributed by atoms with Crippen LogP contribution in [0.4, 0.5) is 5.69 Å². The average Bonchev–Trinajstić information content (AvgIpc) is 2.64. The molecule has 0 heterocycles. The Morgan fingerprint density at radius 1 is 1.29 bits per heavy atom. The molecule has 0 atom stereocenters. The first kappa shape index (κ1) is 16.5. The number of nitrogens with two attached hydrogens (primary N) is 1. The Balaban J connectivity index is 1.73. The zero-order valence-corrected chi connectivity index (χ0v) is 13.8. The van der Waals surface area contributed by atoms with Crippen LogP contribution in [0.2, 0.25) is 0 Å². The number of hydrogen-bond donors (Lipinski definition) is 2. The zero-order valence-electron chi connectivity index (χ0n) is 12.2. The number of carbonyl (C=O) groups excluding carboxylic acids is 1. The number of anilines is 1. The fraction of sp³-hybridized carbons (Fsp3) is 0.562. The van der Waals surface area contributed by atoms with Gasteiger partial charge in [-0.25, -0.2) is 0 Å². The molecule has 1 aromatic carbocycles. The zero-order chi connectivity index (χ0) is 15.1. The summed E-state index contributed by atoms with van der Waals surface area (Å²) in [5, 5.41) is 2.81. The molecule has 21 heavy (non-hydrogen) atoms. The lowest BCUT2D eigenvalue weighted by molar-refractivity contribution is -0.121. The first-order valence-corrected chi connectivity index (χ1v) is 8.29. The molecule has 1 amide bonds. The molecular weight excluding hydrogens is 332 g/mol. The Hall–Kier alpha value is -0.910. The quantitative estimate of drug-likeness (QED) is 0.795. The van der Waals surface area contributed by atoms with Crippen LogP contribution >= 0.6 is 15.9 Å². The van der Waals surface area contributed by atoms with Gasteiger partial charge in [0.05, 0.1) is 6.61 Å². The Morgan fingerprint density at radius 3 is 2.67 bits per heavy atom. The monoisotopic (exact) mass is 354 g/mol. The smallest absolute Gasteiger partial charge is 0.250 e. The van der Waals surface area contributed by atoms with Gasteiger partial charge in [-0.2, -0.15) is 0 Å². The molecular formula is C16H23BrN2O2. The van der Waals surface area contributed by atoms with Crippen LogP contribution in [0.25, 0.3) is 0 Å². The summed E-state index contributed by atoms with van der Waals surface area (Å²) in [6, 6.07) is 7.49. The second-order valence-electron chi connectivity index (χ2n) is 5.83. The normalized spacial score (nSPS) is 18.0. The maximum Gasteiger partial charge on any atom is 0.250 e. The van der Waals surface area contributed by atoms with E-state index in [9.17, 15) is 4.79 Å². The molecule has 3 N–H and O–H groups in total.